The fraction of sp³-hybridized carbons (Fsp3) is 0.500. The topological polar surface area (TPSA) is 38.8 Å². The molecule has 0 aromatic heterocycles. The predicted molar refractivity (Wildman–Crippen MR) is 136 cm³/mol. The molecule has 0 radical (unpaired) electrons. The lowest BCUT2D eigenvalue weighted by molar-refractivity contribution is -0.0711. The Hall–Kier alpha value is -1.70. The van der Waals surface area contributed by atoms with Crippen LogP contribution in [-0.2, 0) is 14.8 Å². The monoisotopic (exact) mass is 535 g/mol. The van der Waals surface area contributed by atoms with E-state index in [2.05, 4.69) is 49.8 Å². The van der Waals surface area contributed by atoms with Gasteiger partial charge in [-0.2, -0.15) is 0 Å². The molecule has 4 nitrogen and oxygen atoms in total. The first-order valence-corrected chi connectivity index (χ1v) is 15.2. The second-order valence-electron chi connectivity index (χ2n) is 10.4. The van der Waals surface area contributed by atoms with Crippen LogP contribution in [0.3, 0.4) is 0 Å². The number of hydrogen-bond acceptors (Lipinski definition) is 3. The van der Waals surface area contributed by atoms with E-state index in [1.54, 1.807) is 17.0 Å². The van der Waals surface area contributed by atoms with E-state index >= 15 is 0 Å². The van der Waals surface area contributed by atoms with E-state index in [0.29, 0.717) is 26.0 Å². The molecule has 1 aliphatic heterocycles. The Morgan fingerprint density at radius 3 is 2.30 bits per heavy atom. The number of nitrogens with zero attached hydrogens (tertiary/aromatic N) is 1. The van der Waals surface area contributed by atoms with Crippen LogP contribution in [0.2, 0.25) is 18.1 Å². The summed E-state index contributed by atoms with van der Waals surface area (Å²) in [5.74, 6) is -0.306. The van der Waals surface area contributed by atoms with Crippen LogP contribution in [0.5, 0.6) is 0 Å². The zero-order valence-electron chi connectivity index (χ0n) is 20.5. The standard InChI is InChI=1S/C26H35BrFNO3Si/c1-19(20-7-11-22(27)12-8-20)29-17-15-26(32-24(29)30,21-9-13-23(28)14-10-21)16-18-31-33(5,6)25(2,3)4/h7-14,19H,15-18H2,1-6H3/t19-,26?/m0/s1. The summed E-state index contributed by atoms with van der Waals surface area (Å²) < 4.78 is 27.2. The number of benzene rings is 2. The van der Waals surface area contributed by atoms with Gasteiger partial charge in [0.25, 0.3) is 0 Å². The zero-order chi connectivity index (χ0) is 24.4. The minimum atomic E-state index is -1.94. The van der Waals surface area contributed by atoms with E-state index in [0.717, 1.165) is 15.6 Å². The molecule has 1 fully saturated rings. The van der Waals surface area contributed by atoms with E-state index in [1.807, 2.05) is 31.2 Å². The van der Waals surface area contributed by atoms with Gasteiger partial charge < -0.3 is 14.1 Å². The Morgan fingerprint density at radius 2 is 1.76 bits per heavy atom. The number of rotatable bonds is 7. The average Bonchev–Trinajstić information content (AvgIpc) is 2.73. The molecule has 0 aliphatic carbocycles. The lowest BCUT2D eigenvalue weighted by Gasteiger charge is -2.44. The van der Waals surface area contributed by atoms with Gasteiger partial charge in [-0.3, -0.25) is 0 Å². The van der Waals surface area contributed by atoms with Crippen molar-refractivity contribution in [2.24, 2.45) is 0 Å². The molecule has 0 bridgehead atoms. The molecule has 0 spiro atoms. The van der Waals surface area contributed by atoms with Crippen LogP contribution in [0.4, 0.5) is 9.18 Å². The second kappa shape index (κ2) is 9.88. The quantitative estimate of drug-likeness (QED) is 0.339. The Labute approximate surface area is 206 Å². The molecule has 1 aliphatic rings. The van der Waals surface area contributed by atoms with Crippen molar-refractivity contribution in [3.63, 3.8) is 0 Å². The first-order valence-electron chi connectivity index (χ1n) is 11.5. The summed E-state index contributed by atoms with van der Waals surface area (Å²) in [6.07, 6.45) is 0.803. The molecule has 0 saturated carbocycles. The number of ether oxygens (including phenoxy) is 1. The molecular weight excluding hydrogens is 501 g/mol. The first kappa shape index (κ1) is 25.9. The molecule has 2 aromatic carbocycles. The number of carbonyl (C=O) groups is 1. The highest BCUT2D eigenvalue weighted by Gasteiger charge is 2.44. The van der Waals surface area contributed by atoms with Crippen molar-refractivity contribution in [3.8, 4) is 0 Å². The summed E-state index contributed by atoms with van der Waals surface area (Å²) in [5, 5.41) is 0.0934. The van der Waals surface area contributed by atoms with Gasteiger partial charge in [0.15, 0.2) is 8.32 Å². The molecule has 0 N–H and O–H groups in total. The van der Waals surface area contributed by atoms with E-state index in [-0.39, 0.29) is 23.0 Å². The maximum absolute atomic E-state index is 13.6. The third-order valence-corrected chi connectivity index (χ3v) is 12.3. The van der Waals surface area contributed by atoms with Crippen molar-refractivity contribution >= 4 is 30.3 Å². The molecule has 1 saturated heterocycles. The fourth-order valence-corrected chi connectivity index (χ4v) is 5.22. The van der Waals surface area contributed by atoms with Gasteiger partial charge in [-0.15, -0.1) is 0 Å². The third kappa shape index (κ3) is 5.87. The molecule has 2 atom stereocenters. The molecule has 1 unspecified atom stereocenters. The van der Waals surface area contributed by atoms with Gasteiger partial charge in [-0.05, 0) is 60.4 Å². The third-order valence-electron chi connectivity index (χ3n) is 7.24. The fourth-order valence-electron chi connectivity index (χ4n) is 3.91. The smallest absolute Gasteiger partial charge is 0.411 e. The Bertz CT molecular complexity index is 959. The first-order chi connectivity index (χ1) is 15.3. The second-order valence-corrected chi connectivity index (χ2v) is 16.1. The zero-order valence-corrected chi connectivity index (χ0v) is 23.0. The van der Waals surface area contributed by atoms with Crippen LogP contribution in [0.25, 0.3) is 0 Å². The van der Waals surface area contributed by atoms with E-state index in [4.69, 9.17) is 9.16 Å². The summed E-state index contributed by atoms with van der Waals surface area (Å²) >= 11 is 3.46. The average molecular weight is 537 g/mol. The number of cyclic esters (lactones) is 1. The number of amides is 1. The Kier molecular flexibility index (Phi) is 7.76. The van der Waals surface area contributed by atoms with Crippen molar-refractivity contribution in [1.29, 1.82) is 0 Å². The summed E-state index contributed by atoms with van der Waals surface area (Å²) in [7, 11) is -1.94. The van der Waals surface area contributed by atoms with Crippen LogP contribution >= 0.6 is 15.9 Å². The number of halogens is 2. The van der Waals surface area contributed by atoms with Gasteiger partial charge in [0.1, 0.15) is 11.4 Å². The minimum Gasteiger partial charge on any atom is -0.438 e. The van der Waals surface area contributed by atoms with Gasteiger partial charge in [0.2, 0.25) is 0 Å². The summed E-state index contributed by atoms with van der Waals surface area (Å²) in [4.78, 5) is 15.0. The van der Waals surface area contributed by atoms with Crippen LogP contribution in [-0.4, -0.2) is 32.5 Å². The normalized spacial score (nSPS) is 20.5. The van der Waals surface area contributed by atoms with Crippen molar-refractivity contribution < 1.29 is 18.3 Å². The maximum atomic E-state index is 13.6. The van der Waals surface area contributed by atoms with Gasteiger partial charge in [0.05, 0.1) is 6.04 Å². The van der Waals surface area contributed by atoms with Crippen LogP contribution in [0.1, 0.15) is 57.7 Å². The highest BCUT2D eigenvalue weighted by Crippen LogP contribution is 2.41. The summed E-state index contributed by atoms with van der Waals surface area (Å²) in [6.45, 7) is 14.1. The molecule has 2 aromatic rings. The van der Waals surface area contributed by atoms with E-state index in [9.17, 15) is 9.18 Å². The Morgan fingerprint density at radius 1 is 1.15 bits per heavy atom. The van der Waals surface area contributed by atoms with Crippen molar-refractivity contribution in [2.45, 2.75) is 70.3 Å². The van der Waals surface area contributed by atoms with Crippen LogP contribution in [0.15, 0.2) is 53.0 Å². The van der Waals surface area contributed by atoms with Gasteiger partial charge >= 0.3 is 6.09 Å². The molecule has 3 rings (SSSR count). The molecule has 1 amide bonds. The SMILES string of the molecule is C[C@@H](c1ccc(Br)cc1)N1CCC(CCO[Si](C)(C)C(C)(C)C)(c2ccc(F)cc2)OC1=O. The maximum Gasteiger partial charge on any atom is 0.411 e. The van der Waals surface area contributed by atoms with Crippen molar-refractivity contribution in [2.75, 3.05) is 13.2 Å². The van der Waals surface area contributed by atoms with E-state index in [1.165, 1.54) is 12.1 Å². The van der Waals surface area contributed by atoms with Crippen molar-refractivity contribution in [3.05, 3.63) is 69.9 Å². The largest absolute Gasteiger partial charge is 0.438 e. The lowest BCUT2D eigenvalue weighted by atomic mass is 9.85. The van der Waals surface area contributed by atoms with Crippen molar-refractivity contribution in [1.82, 2.24) is 4.90 Å². The highest BCUT2D eigenvalue weighted by atomic mass is 79.9. The molecule has 7 heteroatoms. The number of carbonyl (C=O) groups excluding carboxylic acids is 1. The minimum absolute atomic E-state index is 0.0934. The number of hydrogen-bond donors (Lipinski definition) is 0. The van der Waals surface area contributed by atoms with Gasteiger partial charge in [0, 0.05) is 30.5 Å². The molecule has 1 heterocycles. The molecule has 180 valence electrons. The van der Waals surface area contributed by atoms with Gasteiger partial charge in [-0.25, -0.2) is 9.18 Å². The van der Waals surface area contributed by atoms with E-state index < -0.39 is 13.9 Å². The molecule has 33 heavy (non-hydrogen) atoms. The highest BCUT2D eigenvalue weighted by molar-refractivity contribution is 9.10. The summed E-state index contributed by atoms with van der Waals surface area (Å²) in [6, 6.07) is 14.2. The summed E-state index contributed by atoms with van der Waals surface area (Å²) in [5.41, 5.74) is 1.03. The lowest BCUT2D eigenvalue weighted by Crippen LogP contribution is -2.50. The molecular formula is C26H35BrFNO3Si. The Balaban J connectivity index is 1.80. The van der Waals surface area contributed by atoms with Gasteiger partial charge in [-0.1, -0.05) is 61.0 Å². The predicted octanol–water partition coefficient (Wildman–Crippen LogP) is 7.80. The van der Waals surface area contributed by atoms with Crippen LogP contribution in [0, 0.1) is 5.82 Å². The van der Waals surface area contributed by atoms with Crippen LogP contribution < -0.4 is 0 Å².